The van der Waals surface area contributed by atoms with Gasteiger partial charge >= 0.3 is 17.1 Å². The molecule has 3 aromatic carbocycles. The molecule has 0 unspecified atom stereocenters. The molecule has 0 atom stereocenters. The number of hydrogen-bond acceptors (Lipinski definition) is 6. The Bertz CT molecular complexity index is 1330. The van der Waals surface area contributed by atoms with Crippen LogP contribution in [0.1, 0.15) is 0 Å². The molecular formula is C18H9ClN5O6. The Hall–Kier alpha value is -4.25. The third-order valence-electron chi connectivity index (χ3n) is 4.50. The quantitative estimate of drug-likeness (QED) is 0.328. The number of benzene rings is 3. The minimum absolute atomic E-state index is 0.539. The van der Waals surface area contributed by atoms with Crippen LogP contribution in [-0.2, 0) is 0 Å². The van der Waals surface area contributed by atoms with Crippen LogP contribution in [0.4, 0.5) is 22.7 Å². The highest BCUT2D eigenvalue weighted by Gasteiger charge is 2.37. The molecule has 1 aromatic heterocycles. The summed E-state index contributed by atoms with van der Waals surface area (Å²) in [7, 11) is 0. The van der Waals surface area contributed by atoms with E-state index >= 15 is 0 Å². The summed E-state index contributed by atoms with van der Waals surface area (Å²) < 4.78 is 1.32. The van der Waals surface area contributed by atoms with Crippen molar-refractivity contribution in [1.82, 2.24) is 10.1 Å². The Morgan fingerprint density at radius 2 is 1.27 bits per heavy atom. The fraction of sp³-hybridized carbons (Fsp3) is 0. The van der Waals surface area contributed by atoms with Crippen molar-refractivity contribution in [3.05, 3.63) is 90.0 Å². The van der Waals surface area contributed by atoms with Gasteiger partial charge in [-0.1, -0.05) is 48.0 Å². The van der Waals surface area contributed by atoms with Crippen molar-refractivity contribution in [2.75, 3.05) is 0 Å². The Labute approximate surface area is 171 Å². The molecule has 0 aliphatic heterocycles. The van der Waals surface area contributed by atoms with E-state index in [-0.39, 0.29) is 0 Å². The zero-order valence-electron chi connectivity index (χ0n) is 14.8. The lowest BCUT2D eigenvalue weighted by molar-refractivity contribution is -0.402. The van der Waals surface area contributed by atoms with Crippen molar-refractivity contribution in [1.29, 1.82) is 0 Å². The molecule has 0 N–H and O–H groups in total. The normalized spacial score (nSPS) is 11.0. The van der Waals surface area contributed by atoms with Gasteiger partial charge < -0.3 is 0 Å². The molecule has 0 aliphatic rings. The summed E-state index contributed by atoms with van der Waals surface area (Å²) in [5.41, 5.74) is 1.71. The highest BCUT2D eigenvalue weighted by atomic mass is 35.5. The van der Waals surface area contributed by atoms with Gasteiger partial charge in [0.2, 0.25) is 5.69 Å². The number of fused-ring (bicyclic) bond motifs is 3. The monoisotopic (exact) mass is 426 g/mol. The fourth-order valence-electron chi connectivity index (χ4n) is 3.25. The second-order valence-electron chi connectivity index (χ2n) is 6.14. The molecule has 0 bridgehead atoms. The first-order valence-electron chi connectivity index (χ1n) is 8.31. The van der Waals surface area contributed by atoms with E-state index in [2.05, 4.69) is 5.43 Å². The van der Waals surface area contributed by atoms with E-state index < -0.39 is 42.5 Å². The minimum Gasteiger partial charge on any atom is -0.258 e. The number of rotatable bonds is 5. The van der Waals surface area contributed by atoms with Crippen LogP contribution in [0.2, 0.25) is 5.02 Å². The van der Waals surface area contributed by atoms with Gasteiger partial charge in [0, 0.05) is 10.8 Å². The van der Waals surface area contributed by atoms with E-state index in [1.807, 2.05) is 12.1 Å². The Morgan fingerprint density at radius 1 is 0.767 bits per heavy atom. The molecule has 149 valence electrons. The lowest BCUT2D eigenvalue weighted by Gasteiger charge is -2.09. The molecule has 0 spiro atoms. The molecule has 0 saturated heterocycles. The van der Waals surface area contributed by atoms with Crippen molar-refractivity contribution in [3.8, 4) is 0 Å². The largest absolute Gasteiger partial charge is 0.329 e. The second-order valence-corrected chi connectivity index (χ2v) is 6.52. The number of nitro benzene ring substituents is 3. The van der Waals surface area contributed by atoms with E-state index in [9.17, 15) is 30.3 Å². The Balaban J connectivity index is 2.07. The van der Waals surface area contributed by atoms with Crippen LogP contribution < -0.4 is 5.43 Å². The first-order valence-corrected chi connectivity index (χ1v) is 8.69. The molecule has 0 amide bonds. The molecule has 4 rings (SSSR count). The summed E-state index contributed by atoms with van der Waals surface area (Å²) in [6, 6.07) is 14.6. The minimum atomic E-state index is -1.02. The van der Waals surface area contributed by atoms with Crippen molar-refractivity contribution >= 4 is 56.2 Å². The lowest BCUT2D eigenvalue weighted by atomic mass is 10.2. The first-order chi connectivity index (χ1) is 14.3. The number of nitro groups is 3. The van der Waals surface area contributed by atoms with E-state index in [0.29, 0.717) is 17.1 Å². The van der Waals surface area contributed by atoms with Gasteiger partial charge in [-0.05, 0) is 12.1 Å². The van der Waals surface area contributed by atoms with Crippen molar-refractivity contribution < 1.29 is 14.8 Å². The highest BCUT2D eigenvalue weighted by molar-refractivity contribution is 6.35. The third kappa shape index (κ3) is 2.84. The molecular weight excluding hydrogens is 418 g/mol. The molecule has 30 heavy (non-hydrogen) atoms. The maximum absolute atomic E-state index is 11.7. The predicted octanol–water partition coefficient (Wildman–Crippen LogP) is 4.87. The lowest BCUT2D eigenvalue weighted by Crippen LogP contribution is -2.12. The molecule has 4 aromatic rings. The van der Waals surface area contributed by atoms with E-state index in [1.165, 1.54) is 4.68 Å². The van der Waals surface area contributed by atoms with Gasteiger partial charge in [0.1, 0.15) is 0 Å². The summed E-state index contributed by atoms with van der Waals surface area (Å²) in [6.45, 7) is 0. The molecule has 11 nitrogen and oxygen atoms in total. The first kappa shape index (κ1) is 19.1. The summed E-state index contributed by atoms with van der Waals surface area (Å²) in [6.07, 6.45) is 0. The van der Waals surface area contributed by atoms with Gasteiger partial charge in [0.15, 0.2) is 5.02 Å². The molecule has 0 saturated carbocycles. The maximum Gasteiger partial charge on any atom is 0.329 e. The van der Waals surface area contributed by atoms with E-state index in [0.717, 1.165) is 10.8 Å². The molecule has 1 radical (unpaired) electrons. The van der Waals surface area contributed by atoms with E-state index in [4.69, 9.17) is 11.6 Å². The SMILES string of the molecule is O=[N+]([O-])c1cc([N+](=O)[O-])c([N]n2c3ccccc3c3ccccc32)c([N+](=O)[O-])c1Cl. The molecule has 1 heterocycles. The average Bonchev–Trinajstić information content (AvgIpc) is 3.01. The van der Waals surface area contributed by atoms with Crippen LogP contribution >= 0.6 is 11.6 Å². The zero-order valence-corrected chi connectivity index (χ0v) is 15.5. The average molecular weight is 427 g/mol. The van der Waals surface area contributed by atoms with Gasteiger partial charge in [0.25, 0.3) is 0 Å². The summed E-state index contributed by atoms with van der Waals surface area (Å²) in [4.78, 5) is 31.4. The van der Waals surface area contributed by atoms with Crippen LogP contribution in [0.5, 0.6) is 0 Å². The number of nitrogens with zero attached hydrogens (tertiary/aromatic N) is 5. The topological polar surface area (TPSA) is 148 Å². The standard InChI is InChI=1S/C18H9ClN5O6/c19-16-14(22(25)26)9-15(23(27)28)17(18(16)24(29)30)20-21-12-7-3-1-5-10(12)11-6-2-4-8-13(11)21/h1-9H. The van der Waals surface area contributed by atoms with Crippen molar-refractivity contribution in [2.24, 2.45) is 0 Å². The van der Waals surface area contributed by atoms with Crippen LogP contribution in [0.25, 0.3) is 21.8 Å². The van der Waals surface area contributed by atoms with Gasteiger partial charge in [-0.15, -0.1) is 0 Å². The highest BCUT2D eigenvalue weighted by Crippen LogP contribution is 2.46. The number of aromatic nitrogens is 1. The van der Waals surface area contributed by atoms with Gasteiger partial charge in [-0.3, -0.25) is 30.3 Å². The fourth-order valence-corrected chi connectivity index (χ4v) is 3.54. The number of para-hydroxylation sites is 2. The smallest absolute Gasteiger partial charge is 0.258 e. The maximum atomic E-state index is 11.7. The molecule has 12 heteroatoms. The van der Waals surface area contributed by atoms with Gasteiger partial charge in [-0.25, -0.2) is 4.68 Å². The van der Waals surface area contributed by atoms with Crippen LogP contribution in [-0.4, -0.2) is 19.4 Å². The summed E-state index contributed by atoms with van der Waals surface area (Å²) in [5, 5.41) is 35.1. The van der Waals surface area contributed by atoms with Crippen LogP contribution in [0, 0.1) is 30.3 Å². The zero-order chi connectivity index (χ0) is 21.6. The Morgan fingerprint density at radius 3 is 1.73 bits per heavy atom. The number of halogens is 1. The summed E-state index contributed by atoms with van der Waals surface area (Å²) >= 11 is 5.88. The molecule has 0 aliphatic carbocycles. The van der Waals surface area contributed by atoms with Crippen LogP contribution in [0.15, 0.2) is 54.6 Å². The number of hydrogen-bond donors (Lipinski definition) is 0. The van der Waals surface area contributed by atoms with E-state index in [1.54, 1.807) is 36.4 Å². The van der Waals surface area contributed by atoms with Crippen molar-refractivity contribution in [3.63, 3.8) is 0 Å². The third-order valence-corrected chi connectivity index (χ3v) is 4.88. The molecule has 0 fully saturated rings. The second kappa shape index (κ2) is 6.97. The Kier molecular flexibility index (Phi) is 4.43. The van der Waals surface area contributed by atoms with Crippen molar-refractivity contribution in [2.45, 2.75) is 0 Å². The predicted molar refractivity (Wildman–Crippen MR) is 108 cm³/mol. The van der Waals surface area contributed by atoms with Crippen LogP contribution in [0.3, 0.4) is 0 Å². The summed E-state index contributed by atoms with van der Waals surface area (Å²) in [5.74, 6) is 0. The van der Waals surface area contributed by atoms with Gasteiger partial charge in [-0.2, -0.15) is 5.43 Å². The van der Waals surface area contributed by atoms with Gasteiger partial charge in [0.05, 0.1) is 31.9 Å².